The summed E-state index contributed by atoms with van der Waals surface area (Å²) in [4.78, 5) is 24.0. The van der Waals surface area contributed by atoms with Gasteiger partial charge in [-0.2, -0.15) is 4.39 Å². The molecule has 3 rings (SSSR count). The van der Waals surface area contributed by atoms with Crippen LogP contribution in [-0.4, -0.2) is 15.6 Å². The molecule has 1 unspecified atom stereocenters. The number of hydrogen-bond donors (Lipinski definition) is 2. The maximum atomic E-state index is 13.8. The fourth-order valence-corrected chi connectivity index (χ4v) is 3.05. The summed E-state index contributed by atoms with van der Waals surface area (Å²) in [5, 5.41) is 11.8. The molecule has 1 aliphatic carbocycles. The van der Waals surface area contributed by atoms with Crippen molar-refractivity contribution in [3.63, 3.8) is 0 Å². The normalized spacial score (nSPS) is 16.5. The Morgan fingerprint density at radius 1 is 1.25 bits per heavy atom. The third-order valence-electron chi connectivity index (χ3n) is 4.37. The number of fused-ring (bicyclic) bond motifs is 1. The summed E-state index contributed by atoms with van der Waals surface area (Å²) in [5.41, 5.74) is 1.03. The van der Waals surface area contributed by atoms with Crippen molar-refractivity contribution in [3.8, 4) is 5.75 Å². The number of aromatic nitrogens is 1. The second kappa shape index (κ2) is 6.07. The fourth-order valence-electron chi connectivity index (χ4n) is 3.05. The van der Waals surface area contributed by atoms with Gasteiger partial charge in [-0.3, -0.25) is 9.59 Å². The Balaban J connectivity index is 1.91. The highest BCUT2D eigenvalue weighted by molar-refractivity contribution is 5.95. The lowest BCUT2D eigenvalue weighted by atomic mass is 9.90. The zero-order chi connectivity index (χ0) is 17.4. The highest BCUT2D eigenvalue weighted by atomic mass is 19.2. The number of hydrogen-bond acceptors (Lipinski definition) is 3. The van der Waals surface area contributed by atoms with Crippen LogP contribution in [0.25, 0.3) is 0 Å². The second-order valence-electron chi connectivity index (χ2n) is 5.81. The molecule has 1 aromatic heterocycles. The van der Waals surface area contributed by atoms with Gasteiger partial charge in [0.15, 0.2) is 11.6 Å². The predicted octanol–water partition coefficient (Wildman–Crippen LogP) is 2.18. The minimum Gasteiger partial charge on any atom is -0.505 e. The van der Waals surface area contributed by atoms with Gasteiger partial charge < -0.3 is 15.0 Å². The topological polar surface area (TPSA) is 71.3 Å². The molecule has 1 amide bonds. The first-order chi connectivity index (χ1) is 11.4. The first kappa shape index (κ1) is 16.2. The van der Waals surface area contributed by atoms with Gasteiger partial charge in [-0.25, -0.2) is 4.39 Å². The quantitative estimate of drug-likeness (QED) is 0.884. The van der Waals surface area contributed by atoms with Gasteiger partial charge in [0.1, 0.15) is 0 Å². The lowest BCUT2D eigenvalue weighted by molar-refractivity contribution is 0.0927. The Labute approximate surface area is 136 Å². The highest BCUT2D eigenvalue weighted by Crippen LogP contribution is 2.29. The van der Waals surface area contributed by atoms with Gasteiger partial charge in [0, 0.05) is 18.8 Å². The molecule has 0 saturated heterocycles. The van der Waals surface area contributed by atoms with Crippen molar-refractivity contribution in [2.75, 3.05) is 0 Å². The van der Waals surface area contributed by atoms with Gasteiger partial charge in [-0.1, -0.05) is 0 Å². The van der Waals surface area contributed by atoms with Crippen LogP contribution >= 0.6 is 0 Å². The highest BCUT2D eigenvalue weighted by Gasteiger charge is 2.26. The van der Waals surface area contributed by atoms with Crippen LogP contribution in [0.5, 0.6) is 5.75 Å². The average molecular weight is 334 g/mol. The number of carbonyl (C=O) groups excluding carboxylic acids is 1. The Hall–Kier alpha value is -2.70. The fraction of sp³-hybridized carbons (Fsp3) is 0.294. The van der Waals surface area contributed by atoms with E-state index in [0.29, 0.717) is 6.42 Å². The summed E-state index contributed by atoms with van der Waals surface area (Å²) in [6.07, 6.45) is 2.12. The van der Waals surface area contributed by atoms with Gasteiger partial charge in [-0.05, 0) is 43.0 Å². The largest absolute Gasteiger partial charge is 0.505 e. The van der Waals surface area contributed by atoms with Crippen LogP contribution in [0, 0.1) is 11.6 Å². The second-order valence-corrected chi connectivity index (χ2v) is 5.81. The molecule has 126 valence electrons. The first-order valence-electron chi connectivity index (χ1n) is 7.56. The van der Waals surface area contributed by atoms with Crippen LogP contribution in [0.3, 0.4) is 0 Å². The number of phenols is 1. The van der Waals surface area contributed by atoms with E-state index in [1.54, 1.807) is 13.1 Å². The van der Waals surface area contributed by atoms with Crippen molar-refractivity contribution >= 4 is 5.91 Å². The molecular formula is C17H16F2N2O3. The molecule has 2 aromatic rings. The number of rotatable bonds is 2. The summed E-state index contributed by atoms with van der Waals surface area (Å²) >= 11 is 0. The standard InChI is InChI=1S/C17H16F2N2O3/c1-21-12-4-2-3-11(9(12)6-8-14(21)23)20-17(24)10-5-7-13(22)16(19)15(10)18/h5-8,11,22H,2-4H2,1H3,(H,20,24). The van der Waals surface area contributed by atoms with Crippen LogP contribution < -0.4 is 10.9 Å². The molecule has 0 radical (unpaired) electrons. The Morgan fingerprint density at radius 2 is 2.00 bits per heavy atom. The van der Waals surface area contributed by atoms with Crippen LogP contribution in [0.1, 0.15) is 40.5 Å². The molecule has 0 spiro atoms. The number of pyridine rings is 1. The maximum absolute atomic E-state index is 13.8. The molecule has 5 nitrogen and oxygen atoms in total. The molecular weight excluding hydrogens is 318 g/mol. The van der Waals surface area contributed by atoms with E-state index in [9.17, 15) is 18.4 Å². The zero-order valence-electron chi connectivity index (χ0n) is 13.0. The van der Waals surface area contributed by atoms with E-state index in [0.717, 1.165) is 36.2 Å². The summed E-state index contributed by atoms with van der Waals surface area (Å²) in [6, 6.07) is 4.67. The number of phenolic OH excluding ortho intramolecular Hbond substituents is 1. The van der Waals surface area contributed by atoms with Crippen molar-refractivity contribution in [3.05, 3.63) is 63.1 Å². The van der Waals surface area contributed by atoms with Crippen molar-refractivity contribution < 1.29 is 18.7 Å². The maximum Gasteiger partial charge on any atom is 0.254 e. The van der Waals surface area contributed by atoms with Crippen LogP contribution in [0.2, 0.25) is 0 Å². The van der Waals surface area contributed by atoms with E-state index < -0.39 is 28.9 Å². The smallest absolute Gasteiger partial charge is 0.254 e. The third-order valence-corrected chi connectivity index (χ3v) is 4.37. The first-order valence-corrected chi connectivity index (χ1v) is 7.56. The van der Waals surface area contributed by atoms with Gasteiger partial charge in [0.05, 0.1) is 11.6 Å². The van der Waals surface area contributed by atoms with Gasteiger partial charge >= 0.3 is 0 Å². The molecule has 0 saturated carbocycles. The van der Waals surface area contributed by atoms with Gasteiger partial charge in [0.25, 0.3) is 5.91 Å². The molecule has 7 heteroatoms. The Kier molecular flexibility index (Phi) is 4.09. The molecule has 2 N–H and O–H groups in total. The van der Waals surface area contributed by atoms with E-state index in [4.69, 9.17) is 5.11 Å². The molecule has 1 heterocycles. The molecule has 1 atom stereocenters. The zero-order valence-corrected chi connectivity index (χ0v) is 13.0. The predicted molar refractivity (Wildman–Crippen MR) is 82.9 cm³/mol. The summed E-state index contributed by atoms with van der Waals surface area (Å²) < 4.78 is 28.8. The Morgan fingerprint density at radius 3 is 2.75 bits per heavy atom. The van der Waals surface area contributed by atoms with Crippen LogP contribution in [0.4, 0.5) is 8.78 Å². The van der Waals surface area contributed by atoms with Crippen molar-refractivity contribution in [1.82, 2.24) is 9.88 Å². The summed E-state index contributed by atoms with van der Waals surface area (Å²) in [6.45, 7) is 0. The lowest BCUT2D eigenvalue weighted by Gasteiger charge is -2.27. The number of nitrogens with one attached hydrogen (secondary N) is 1. The van der Waals surface area contributed by atoms with E-state index >= 15 is 0 Å². The summed E-state index contributed by atoms with van der Waals surface area (Å²) in [5.74, 6) is -4.45. The minimum absolute atomic E-state index is 0.132. The molecule has 0 bridgehead atoms. The molecule has 1 aromatic carbocycles. The van der Waals surface area contributed by atoms with E-state index in [-0.39, 0.29) is 11.6 Å². The number of halogens is 2. The van der Waals surface area contributed by atoms with Crippen LogP contribution in [-0.2, 0) is 13.5 Å². The van der Waals surface area contributed by atoms with Gasteiger partial charge in [0.2, 0.25) is 11.4 Å². The van der Waals surface area contributed by atoms with Crippen LogP contribution in [0.15, 0.2) is 29.1 Å². The van der Waals surface area contributed by atoms with E-state index in [2.05, 4.69) is 5.32 Å². The van der Waals surface area contributed by atoms with E-state index in [1.165, 1.54) is 10.6 Å². The average Bonchev–Trinajstić information content (AvgIpc) is 2.56. The summed E-state index contributed by atoms with van der Waals surface area (Å²) in [7, 11) is 1.67. The van der Waals surface area contributed by atoms with E-state index in [1.807, 2.05) is 0 Å². The monoisotopic (exact) mass is 334 g/mol. The number of carbonyl (C=O) groups is 1. The number of aromatic hydroxyl groups is 1. The SMILES string of the molecule is Cn1c2c(ccc1=O)C(NC(=O)c1ccc(O)c(F)c1F)CCC2. The number of nitrogens with zero attached hydrogens (tertiary/aromatic N) is 1. The van der Waals surface area contributed by atoms with Crippen molar-refractivity contribution in [1.29, 1.82) is 0 Å². The van der Waals surface area contributed by atoms with Crippen molar-refractivity contribution in [2.45, 2.75) is 25.3 Å². The Bertz CT molecular complexity index is 877. The molecule has 0 fully saturated rings. The molecule has 1 aliphatic rings. The number of benzene rings is 1. The minimum atomic E-state index is -1.45. The number of amides is 1. The van der Waals surface area contributed by atoms with Crippen molar-refractivity contribution in [2.24, 2.45) is 7.05 Å². The molecule has 24 heavy (non-hydrogen) atoms. The molecule has 0 aliphatic heterocycles. The third kappa shape index (κ3) is 2.66. The lowest BCUT2D eigenvalue weighted by Crippen LogP contribution is -2.34. The van der Waals surface area contributed by atoms with Gasteiger partial charge in [-0.15, -0.1) is 0 Å².